The van der Waals surface area contributed by atoms with Gasteiger partial charge >= 0.3 is 6.18 Å². The number of ketones is 1. The second-order valence-corrected chi connectivity index (χ2v) is 9.59. The fourth-order valence-electron chi connectivity index (χ4n) is 4.49. The molecule has 2 heterocycles. The first kappa shape index (κ1) is 20.1. The van der Waals surface area contributed by atoms with E-state index in [-0.39, 0.29) is 11.2 Å². The maximum absolute atomic E-state index is 13.4. The molecular formula is C22H20BrF3N2O. The minimum Gasteiger partial charge on any atom is -0.343 e. The Bertz CT molecular complexity index is 1060. The summed E-state index contributed by atoms with van der Waals surface area (Å²) in [5, 5.41) is 3.17. The molecule has 1 aromatic carbocycles. The highest BCUT2D eigenvalue weighted by Gasteiger charge is 2.48. The van der Waals surface area contributed by atoms with Gasteiger partial charge in [0, 0.05) is 33.9 Å². The normalized spacial score (nSPS) is 23.3. The van der Waals surface area contributed by atoms with Crippen LogP contribution in [0.3, 0.4) is 0 Å². The first-order valence-electron chi connectivity index (χ1n) is 9.29. The zero-order valence-corrected chi connectivity index (χ0v) is 17.8. The molecule has 29 heavy (non-hydrogen) atoms. The summed E-state index contributed by atoms with van der Waals surface area (Å²) in [6.07, 6.45) is -2.71. The van der Waals surface area contributed by atoms with E-state index in [4.69, 9.17) is 0 Å². The quantitative estimate of drug-likeness (QED) is 0.543. The molecule has 3 nitrogen and oxygen atoms in total. The average molecular weight is 465 g/mol. The molecule has 7 heteroatoms. The number of aromatic nitrogens is 1. The maximum Gasteiger partial charge on any atom is 0.417 e. The molecule has 1 aliphatic heterocycles. The summed E-state index contributed by atoms with van der Waals surface area (Å²) in [7, 11) is 0. The van der Waals surface area contributed by atoms with E-state index >= 15 is 0 Å². The van der Waals surface area contributed by atoms with Gasteiger partial charge in [0.25, 0.3) is 0 Å². The van der Waals surface area contributed by atoms with Crippen molar-refractivity contribution in [2.45, 2.75) is 45.2 Å². The standard InChI is InChI=1S/C22H20BrF3N2O/c1-20(2)9-16-18(17(29)10-20)21(3,12-5-4-6-14(23)7-12)15-8-13(22(24,25)26)11-27-19(15)28-16/h4-8,11H,9-10H2,1-3H3,(H,27,28). The number of carbonyl (C=O) groups excluding carboxylic acids is 1. The highest BCUT2D eigenvalue weighted by atomic mass is 79.9. The molecule has 1 N–H and O–H groups in total. The molecule has 1 aliphatic carbocycles. The van der Waals surface area contributed by atoms with Crippen LogP contribution in [0, 0.1) is 5.41 Å². The third kappa shape index (κ3) is 3.29. The van der Waals surface area contributed by atoms with Crippen LogP contribution in [0.1, 0.15) is 50.3 Å². The lowest BCUT2D eigenvalue weighted by molar-refractivity contribution is -0.137. The number of nitrogens with one attached hydrogen (secondary N) is 1. The zero-order valence-electron chi connectivity index (χ0n) is 16.2. The number of rotatable bonds is 1. The van der Waals surface area contributed by atoms with Crippen LogP contribution >= 0.6 is 15.9 Å². The zero-order chi connectivity index (χ0) is 21.2. The van der Waals surface area contributed by atoms with E-state index in [0.29, 0.717) is 29.8 Å². The molecule has 4 rings (SSSR count). The molecule has 1 atom stereocenters. The Kier molecular flexibility index (Phi) is 4.46. The number of fused-ring (bicyclic) bond motifs is 1. The number of Topliss-reactive ketones (excluding diaryl/α,β-unsaturated/α-hetero) is 1. The SMILES string of the molecule is CC1(C)CC(=O)C2=C(C1)Nc1ncc(C(F)(F)F)cc1C2(C)c1cccc(Br)c1. The molecule has 2 aliphatic rings. The summed E-state index contributed by atoms with van der Waals surface area (Å²) >= 11 is 3.45. The van der Waals surface area contributed by atoms with Crippen molar-refractivity contribution in [2.75, 3.05) is 5.32 Å². The van der Waals surface area contributed by atoms with Crippen LogP contribution in [-0.4, -0.2) is 10.8 Å². The fourth-order valence-corrected chi connectivity index (χ4v) is 4.88. The molecule has 0 radical (unpaired) electrons. The molecule has 2 aromatic rings. The van der Waals surface area contributed by atoms with Crippen LogP contribution in [0.25, 0.3) is 0 Å². The van der Waals surface area contributed by atoms with Crippen molar-refractivity contribution in [3.05, 3.63) is 69.0 Å². The van der Waals surface area contributed by atoms with Crippen molar-refractivity contribution >= 4 is 27.5 Å². The number of alkyl halides is 3. The van der Waals surface area contributed by atoms with Gasteiger partial charge in [0.2, 0.25) is 0 Å². The highest BCUT2D eigenvalue weighted by molar-refractivity contribution is 9.10. The van der Waals surface area contributed by atoms with Crippen molar-refractivity contribution < 1.29 is 18.0 Å². The molecule has 1 aromatic heterocycles. The second-order valence-electron chi connectivity index (χ2n) is 8.67. The first-order valence-corrected chi connectivity index (χ1v) is 10.1. The molecule has 152 valence electrons. The lowest BCUT2D eigenvalue weighted by atomic mass is 9.62. The number of hydrogen-bond donors (Lipinski definition) is 1. The molecular weight excluding hydrogens is 445 g/mol. The van der Waals surface area contributed by atoms with E-state index in [0.717, 1.165) is 28.0 Å². The monoisotopic (exact) mass is 464 g/mol. The van der Waals surface area contributed by atoms with Crippen molar-refractivity contribution in [1.82, 2.24) is 4.98 Å². The second kappa shape index (κ2) is 6.42. The third-order valence-corrected chi connectivity index (χ3v) is 6.29. The van der Waals surface area contributed by atoms with E-state index in [9.17, 15) is 18.0 Å². The predicted molar refractivity (Wildman–Crippen MR) is 109 cm³/mol. The summed E-state index contributed by atoms with van der Waals surface area (Å²) in [6.45, 7) is 5.85. The van der Waals surface area contributed by atoms with Crippen LogP contribution in [0.15, 0.2) is 52.3 Å². The van der Waals surface area contributed by atoms with Crippen LogP contribution < -0.4 is 5.32 Å². The largest absolute Gasteiger partial charge is 0.417 e. The van der Waals surface area contributed by atoms with Crippen molar-refractivity contribution in [1.29, 1.82) is 0 Å². The molecule has 0 bridgehead atoms. The van der Waals surface area contributed by atoms with Crippen molar-refractivity contribution in [2.24, 2.45) is 5.41 Å². The number of nitrogens with zero attached hydrogens (tertiary/aromatic N) is 1. The summed E-state index contributed by atoms with van der Waals surface area (Å²) in [4.78, 5) is 17.4. The Hall–Kier alpha value is -2.15. The minimum absolute atomic E-state index is 0.0470. The van der Waals surface area contributed by atoms with E-state index in [1.54, 1.807) is 0 Å². The van der Waals surface area contributed by atoms with E-state index in [1.165, 1.54) is 0 Å². The van der Waals surface area contributed by atoms with Crippen molar-refractivity contribution in [3.63, 3.8) is 0 Å². The average Bonchev–Trinajstić information content (AvgIpc) is 2.59. The van der Waals surface area contributed by atoms with E-state index in [2.05, 4.69) is 26.2 Å². The van der Waals surface area contributed by atoms with Gasteiger partial charge in [-0.25, -0.2) is 4.98 Å². The summed E-state index contributed by atoms with van der Waals surface area (Å²) in [5.74, 6) is 0.319. The molecule has 0 spiro atoms. The third-order valence-electron chi connectivity index (χ3n) is 5.80. The number of anilines is 1. The molecule has 0 amide bonds. The smallest absolute Gasteiger partial charge is 0.343 e. The van der Waals surface area contributed by atoms with Gasteiger partial charge in [-0.3, -0.25) is 4.79 Å². The van der Waals surface area contributed by atoms with Crippen LogP contribution in [0.2, 0.25) is 0 Å². The van der Waals surface area contributed by atoms with E-state index in [1.807, 2.05) is 45.0 Å². The Balaban J connectivity index is 2.03. The van der Waals surface area contributed by atoms with Gasteiger partial charge in [-0.1, -0.05) is 41.9 Å². The Labute approximate surface area is 175 Å². The number of allylic oxidation sites excluding steroid dienone is 2. The van der Waals surface area contributed by atoms with Crippen LogP contribution in [0.4, 0.5) is 19.0 Å². The maximum atomic E-state index is 13.4. The minimum atomic E-state index is -4.52. The van der Waals surface area contributed by atoms with Gasteiger partial charge < -0.3 is 5.32 Å². The topological polar surface area (TPSA) is 42.0 Å². The Morgan fingerprint density at radius 3 is 2.52 bits per heavy atom. The Morgan fingerprint density at radius 2 is 1.86 bits per heavy atom. The Morgan fingerprint density at radius 1 is 1.14 bits per heavy atom. The fraction of sp³-hybridized carbons (Fsp3) is 0.364. The van der Waals surface area contributed by atoms with Crippen LogP contribution in [-0.2, 0) is 16.4 Å². The predicted octanol–water partition coefficient (Wildman–Crippen LogP) is 6.24. The summed E-state index contributed by atoms with van der Waals surface area (Å²) in [6, 6.07) is 8.49. The molecule has 0 saturated carbocycles. The van der Waals surface area contributed by atoms with Gasteiger partial charge in [-0.05, 0) is 42.5 Å². The van der Waals surface area contributed by atoms with E-state index < -0.39 is 17.2 Å². The number of carbonyl (C=O) groups is 1. The number of halogens is 4. The van der Waals surface area contributed by atoms with Gasteiger partial charge in [0.1, 0.15) is 5.82 Å². The summed E-state index contributed by atoms with van der Waals surface area (Å²) in [5.41, 5.74) is 0.281. The van der Waals surface area contributed by atoms with Gasteiger partial charge in [0.05, 0.1) is 11.0 Å². The van der Waals surface area contributed by atoms with Gasteiger partial charge in [-0.2, -0.15) is 13.2 Å². The van der Waals surface area contributed by atoms with Crippen molar-refractivity contribution in [3.8, 4) is 0 Å². The lowest BCUT2D eigenvalue weighted by Crippen LogP contribution is -2.42. The molecule has 1 unspecified atom stereocenters. The molecule has 0 saturated heterocycles. The van der Waals surface area contributed by atoms with Gasteiger partial charge in [-0.15, -0.1) is 0 Å². The lowest BCUT2D eigenvalue weighted by Gasteiger charge is -2.44. The van der Waals surface area contributed by atoms with Gasteiger partial charge in [0.15, 0.2) is 5.78 Å². The van der Waals surface area contributed by atoms with Crippen LogP contribution in [0.5, 0.6) is 0 Å². The highest BCUT2D eigenvalue weighted by Crippen LogP contribution is 2.52. The first-order chi connectivity index (χ1) is 13.4. The number of benzene rings is 1. The molecule has 0 fully saturated rings. The number of hydrogen-bond acceptors (Lipinski definition) is 3. The number of pyridine rings is 1. The summed E-state index contributed by atoms with van der Waals surface area (Å²) < 4.78 is 41.1.